The lowest BCUT2D eigenvalue weighted by molar-refractivity contribution is 0.0158. The molecule has 6 heteroatoms. The van der Waals surface area contributed by atoms with Crippen LogP contribution in [0.3, 0.4) is 0 Å². The average molecular weight is 253 g/mol. The van der Waals surface area contributed by atoms with Gasteiger partial charge < -0.3 is 19.8 Å². The van der Waals surface area contributed by atoms with Crippen LogP contribution < -0.4 is 4.90 Å². The van der Waals surface area contributed by atoms with Crippen molar-refractivity contribution in [3.05, 3.63) is 17.8 Å². The summed E-state index contributed by atoms with van der Waals surface area (Å²) in [6.45, 7) is 2.17. The van der Waals surface area contributed by atoms with E-state index in [1.165, 1.54) is 0 Å². The summed E-state index contributed by atoms with van der Waals surface area (Å²) >= 11 is 0. The van der Waals surface area contributed by atoms with Crippen molar-refractivity contribution >= 4 is 5.82 Å². The quantitative estimate of drug-likeness (QED) is 0.766. The number of aliphatic hydroxyl groups excluding tert-OH is 2. The molecule has 0 aliphatic carbocycles. The second-order valence-corrected chi connectivity index (χ2v) is 4.32. The molecule has 0 unspecified atom stereocenters. The minimum atomic E-state index is -0.0790. The molecule has 0 bridgehead atoms. The van der Waals surface area contributed by atoms with Gasteiger partial charge in [-0.2, -0.15) is 5.10 Å². The Morgan fingerprint density at radius 1 is 1.22 bits per heavy atom. The van der Waals surface area contributed by atoms with Crippen LogP contribution in [0.4, 0.5) is 5.82 Å². The minimum Gasteiger partial charge on any atom is -0.394 e. The van der Waals surface area contributed by atoms with Crippen LogP contribution in [-0.2, 0) is 11.3 Å². The van der Waals surface area contributed by atoms with Crippen molar-refractivity contribution in [1.29, 1.82) is 0 Å². The highest BCUT2D eigenvalue weighted by Gasteiger charge is 2.20. The molecule has 0 spiro atoms. The van der Waals surface area contributed by atoms with Gasteiger partial charge in [-0.15, -0.1) is 5.10 Å². The number of anilines is 1. The fraction of sp³-hybridized carbons (Fsp3) is 0.667. The van der Waals surface area contributed by atoms with Gasteiger partial charge in [-0.3, -0.25) is 0 Å². The summed E-state index contributed by atoms with van der Waals surface area (Å²) in [7, 11) is 0. The van der Waals surface area contributed by atoms with E-state index in [0.717, 1.165) is 31.7 Å². The Kier molecular flexibility index (Phi) is 4.86. The molecule has 2 N–H and O–H groups in total. The largest absolute Gasteiger partial charge is 0.394 e. The number of nitrogens with zero attached hydrogens (tertiary/aromatic N) is 3. The Balaban J connectivity index is 1.84. The second-order valence-electron chi connectivity index (χ2n) is 4.32. The van der Waals surface area contributed by atoms with Crippen LogP contribution in [0.1, 0.15) is 18.5 Å². The molecular weight excluding hydrogens is 234 g/mol. The summed E-state index contributed by atoms with van der Waals surface area (Å²) < 4.78 is 5.51. The van der Waals surface area contributed by atoms with Crippen molar-refractivity contribution in [2.24, 2.45) is 0 Å². The third kappa shape index (κ3) is 3.38. The molecule has 0 saturated carbocycles. The van der Waals surface area contributed by atoms with E-state index in [-0.39, 0.29) is 19.3 Å². The fourth-order valence-electron chi connectivity index (χ4n) is 2.08. The summed E-state index contributed by atoms with van der Waals surface area (Å²) in [5, 5.41) is 25.6. The molecule has 1 fully saturated rings. The fourth-order valence-corrected chi connectivity index (χ4v) is 2.08. The zero-order valence-electron chi connectivity index (χ0n) is 10.3. The van der Waals surface area contributed by atoms with E-state index in [0.29, 0.717) is 12.3 Å². The van der Waals surface area contributed by atoms with Gasteiger partial charge in [-0.05, 0) is 25.0 Å². The van der Waals surface area contributed by atoms with E-state index in [4.69, 9.17) is 14.9 Å². The molecule has 6 nitrogen and oxygen atoms in total. The lowest BCUT2D eigenvalue weighted by Gasteiger charge is -2.32. The lowest BCUT2D eigenvalue weighted by atomic mass is 10.1. The normalized spacial score (nSPS) is 17.1. The number of aromatic nitrogens is 2. The van der Waals surface area contributed by atoms with Gasteiger partial charge in [-0.1, -0.05) is 0 Å². The molecular formula is C12H19N3O3. The molecule has 100 valence electrons. The maximum atomic E-state index is 8.90. The van der Waals surface area contributed by atoms with Gasteiger partial charge >= 0.3 is 0 Å². The molecule has 1 aliphatic rings. The zero-order chi connectivity index (χ0) is 12.8. The summed E-state index contributed by atoms with van der Waals surface area (Å²) in [6.07, 6.45) is 2.10. The minimum absolute atomic E-state index is 0.0777. The topological polar surface area (TPSA) is 78.7 Å². The van der Waals surface area contributed by atoms with Gasteiger partial charge in [0.05, 0.1) is 31.6 Å². The molecule has 0 aromatic carbocycles. The number of rotatable bonds is 5. The number of hydrogen-bond acceptors (Lipinski definition) is 6. The third-order valence-electron chi connectivity index (χ3n) is 3.08. The Labute approximate surface area is 106 Å². The lowest BCUT2D eigenvalue weighted by Crippen LogP contribution is -2.38. The summed E-state index contributed by atoms with van der Waals surface area (Å²) in [5.41, 5.74) is 0.583. The van der Waals surface area contributed by atoms with Gasteiger partial charge in [0.1, 0.15) is 0 Å². The van der Waals surface area contributed by atoms with Crippen LogP contribution in [0.2, 0.25) is 0 Å². The van der Waals surface area contributed by atoms with Gasteiger partial charge in [0.25, 0.3) is 0 Å². The Hall–Kier alpha value is -1.24. The van der Waals surface area contributed by atoms with Crippen LogP contribution in [0.5, 0.6) is 0 Å². The van der Waals surface area contributed by atoms with Crippen molar-refractivity contribution < 1.29 is 14.9 Å². The van der Waals surface area contributed by atoms with E-state index in [1.807, 2.05) is 6.07 Å². The molecule has 0 atom stereocenters. The van der Waals surface area contributed by atoms with Crippen molar-refractivity contribution in [2.75, 3.05) is 31.2 Å². The SMILES string of the molecule is OCCOC1CCN(c2ccc(CO)nn2)CC1. The number of hydrogen-bond donors (Lipinski definition) is 2. The Morgan fingerprint density at radius 3 is 2.56 bits per heavy atom. The van der Waals surface area contributed by atoms with E-state index in [2.05, 4.69) is 15.1 Å². The zero-order valence-corrected chi connectivity index (χ0v) is 10.3. The van der Waals surface area contributed by atoms with Gasteiger partial charge in [-0.25, -0.2) is 0 Å². The number of aliphatic hydroxyl groups is 2. The molecule has 0 radical (unpaired) electrons. The van der Waals surface area contributed by atoms with Crippen LogP contribution in [0.25, 0.3) is 0 Å². The Bertz CT molecular complexity index is 350. The van der Waals surface area contributed by atoms with Crippen molar-refractivity contribution in [1.82, 2.24) is 10.2 Å². The monoisotopic (exact) mass is 253 g/mol. The van der Waals surface area contributed by atoms with Gasteiger partial charge in [0.15, 0.2) is 5.82 Å². The first-order valence-corrected chi connectivity index (χ1v) is 6.24. The van der Waals surface area contributed by atoms with E-state index >= 15 is 0 Å². The molecule has 0 amide bonds. The van der Waals surface area contributed by atoms with Crippen molar-refractivity contribution in [3.63, 3.8) is 0 Å². The first-order valence-electron chi connectivity index (χ1n) is 6.24. The first kappa shape index (κ1) is 13.2. The smallest absolute Gasteiger partial charge is 0.151 e. The predicted octanol–water partition coefficient (Wildman–Crippen LogP) is -0.0534. The predicted molar refractivity (Wildman–Crippen MR) is 66.2 cm³/mol. The van der Waals surface area contributed by atoms with E-state index in [1.54, 1.807) is 6.07 Å². The van der Waals surface area contributed by atoms with Crippen molar-refractivity contribution in [2.45, 2.75) is 25.6 Å². The van der Waals surface area contributed by atoms with Crippen molar-refractivity contribution in [3.8, 4) is 0 Å². The molecule has 1 aliphatic heterocycles. The first-order chi connectivity index (χ1) is 8.83. The van der Waals surface area contributed by atoms with Crippen LogP contribution in [0, 0.1) is 0 Å². The molecule has 2 heterocycles. The van der Waals surface area contributed by atoms with Gasteiger partial charge in [0.2, 0.25) is 0 Å². The number of piperidine rings is 1. The van der Waals surface area contributed by atoms with Crippen LogP contribution in [-0.4, -0.2) is 52.8 Å². The summed E-state index contributed by atoms with van der Waals surface area (Å²) in [5.74, 6) is 0.841. The highest BCUT2D eigenvalue weighted by atomic mass is 16.5. The molecule has 18 heavy (non-hydrogen) atoms. The van der Waals surface area contributed by atoms with Crippen LogP contribution in [0.15, 0.2) is 12.1 Å². The van der Waals surface area contributed by atoms with E-state index in [9.17, 15) is 0 Å². The molecule has 1 aromatic rings. The maximum absolute atomic E-state index is 8.90. The van der Waals surface area contributed by atoms with Gasteiger partial charge in [0, 0.05) is 13.1 Å². The molecule has 1 aromatic heterocycles. The summed E-state index contributed by atoms with van der Waals surface area (Å²) in [4.78, 5) is 2.16. The average Bonchev–Trinajstić information content (AvgIpc) is 2.46. The standard InChI is InChI=1S/C12H19N3O3/c16-7-8-18-11-3-5-15(6-4-11)12-2-1-10(9-17)13-14-12/h1-2,11,16-17H,3-9H2. The molecule has 1 saturated heterocycles. The highest BCUT2D eigenvalue weighted by molar-refractivity contribution is 5.37. The summed E-state index contributed by atoms with van der Waals surface area (Å²) in [6, 6.07) is 3.67. The molecule has 2 rings (SSSR count). The second kappa shape index (κ2) is 6.63. The highest BCUT2D eigenvalue weighted by Crippen LogP contribution is 2.19. The van der Waals surface area contributed by atoms with Crippen LogP contribution >= 0.6 is 0 Å². The Morgan fingerprint density at radius 2 is 2.00 bits per heavy atom. The number of ether oxygens (including phenoxy) is 1. The maximum Gasteiger partial charge on any atom is 0.151 e. The third-order valence-corrected chi connectivity index (χ3v) is 3.08. The van der Waals surface area contributed by atoms with E-state index < -0.39 is 0 Å².